The van der Waals surface area contributed by atoms with Crippen molar-refractivity contribution in [2.75, 3.05) is 32.0 Å². The summed E-state index contributed by atoms with van der Waals surface area (Å²) in [6, 6.07) is 18.2. The van der Waals surface area contributed by atoms with Crippen LogP contribution in [-0.4, -0.2) is 33.0 Å². The molecule has 2 aromatic carbocycles. The second-order valence-corrected chi connectivity index (χ2v) is 8.51. The van der Waals surface area contributed by atoms with Gasteiger partial charge in [-0.1, -0.05) is 88.4 Å². The Morgan fingerprint density at radius 3 is 2.37 bits per heavy atom. The zero-order valence-electron chi connectivity index (χ0n) is 18.9. The quantitative estimate of drug-likeness (QED) is 0.374. The van der Waals surface area contributed by atoms with Crippen molar-refractivity contribution in [2.24, 2.45) is 5.92 Å². The molecular weight excluding hydrogens is 374 g/mol. The van der Waals surface area contributed by atoms with Gasteiger partial charge in [0.15, 0.2) is 0 Å². The number of nitrogens with zero attached hydrogens (tertiary/aromatic N) is 1. The van der Waals surface area contributed by atoms with Gasteiger partial charge in [-0.25, -0.2) is 0 Å². The molecule has 0 fully saturated rings. The molecule has 30 heavy (non-hydrogen) atoms. The number of hydrogen-bond acceptors (Lipinski definition) is 3. The first-order valence-electron chi connectivity index (χ1n) is 10.5. The molecule has 1 amide bonds. The van der Waals surface area contributed by atoms with Crippen LogP contribution in [0.2, 0.25) is 0 Å². The van der Waals surface area contributed by atoms with E-state index in [4.69, 9.17) is 9.47 Å². The number of allylic oxidation sites excluding steroid dienone is 1. The molecule has 0 aliphatic rings. The zero-order chi connectivity index (χ0) is 22.0. The van der Waals surface area contributed by atoms with Crippen LogP contribution in [0.1, 0.15) is 45.2 Å². The van der Waals surface area contributed by atoms with E-state index in [2.05, 4.69) is 51.1 Å². The molecule has 0 saturated heterocycles. The van der Waals surface area contributed by atoms with Gasteiger partial charge in [-0.2, -0.15) is 0 Å². The van der Waals surface area contributed by atoms with Crippen LogP contribution in [0.4, 0.5) is 5.69 Å². The molecule has 2 rings (SSSR count). The monoisotopic (exact) mass is 409 g/mol. The summed E-state index contributed by atoms with van der Waals surface area (Å²) in [5, 5.41) is 0. The number of methoxy groups -OCH3 is 1. The van der Waals surface area contributed by atoms with E-state index in [1.807, 2.05) is 43.3 Å². The maximum Gasteiger partial charge on any atom is 0.232 e. The molecular formula is C26H35NO3. The third-order valence-electron chi connectivity index (χ3n) is 4.94. The van der Waals surface area contributed by atoms with Crippen molar-refractivity contribution in [3.05, 3.63) is 71.8 Å². The summed E-state index contributed by atoms with van der Waals surface area (Å²) in [6.45, 7) is 9.60. The maximum absolute atomic E-state index is 13.4. The van der Waals surface area contributed by atoms with Crippen LogP contribution < -0.4 is 4.90 Å². The average Bonchev–Trinajstić information content (AvgIpc) is 2.73. The summed E-state index contributed by atoms with van der Waals surface area (Å²) < 4.78 is 10.8. The van der Waals surface area contributed by atoms with Crippen LogP contribution >= 0.6 is 0 Å². The van der Waals surface area contributed by atoms with Crippen LogP contribution in [0.25, 0.3) is 6.08 Å². The molecule has 1 atom stereocenters. The SMILES string of the molecule is COCCOCN(C(=O)[C@H](C)C/C=C/c1ccccc1)c1ccccc1C(C)(C)C. The summed E-state index contributed by atoms with van der Waals surface area (Å²) in [4.78, 5) is 15.2. The number of rotatable bonds is 10. The van der Waals surface area contributed by atoms with E-state index in [0.29, 0.717) is 19.6 Å². The van der Waals surface area contributed by atoms with Crippen molar-refractivity contribution < 1.29 is 14.3 Å². The number of para-hydroxylation sites is 1. The van der Waals surface area contributed by atoms with Crippen molar-refractivity contribution in [1.82, 2.24) is 0 Å². The van der Waals surface area contributed by atoms with E-state index in [-0.39, 0.29) is 24.0 Å². The summed E-state index contributed by atoms with van der Waals surface area (Å²) in [5.41, 5.74) is 3.08. The number of hydrogen-bond donors (Lipinski definition) is 0. The second-order valence-electron chi connectivity index (χ2n) is 8.51. The van der Waals surface area contributed by atoms with Gasteiger partial charge in [0.05, 0.1) is 13.2 Å². The van der Waals surface area contributed by atoms with Crippen molar-refractivity contribution in [3.8, 4) is 0 Å². The topological polar surface area (TPSA) is 38.8 Å². The van der Waals surface area contributed by atoms with E-state index in [1.54, 1.807) is 12.0 Å². The van der Waals surface area contributed by atoms with Gasteiger partial charge in [-0.3, -0.25) is 9.69 Å². The highest BCUT2D eigenvalue weighted by atomic mass is 16.5. The van der Waals surface area contributed by atoms with E-state index in [9.17, 15) is 4.79 Å². The van der Waals surface area contributed by atoms with Crippen LogP contribution in [-0.2, 0) is 19.7 Å². The van der Waals surface area contributed by atoms with E-state index < -0.39 is 0 Å². The average molecular weight is 410 g/mol. The van der Waals surface area contributed by atoms with Crippen molar-refractivity contribution in [3.63, 3.8) is 0 Å². The fourth-order valence-electron chi connectivity index (χ4n) is 3.23. The van der Waals surface area contributed by atoms with Crippen LogP contribution in [0, 0.1) is 5.92 Å². The molecule has 0 heterocycles. The maximum atomic E-state index is 13.4. The lowest BCUT2D eigenvalue weighted by Crippen LogP contribution is -2.38. The first-order valence-corrected chi connectivity index (χ1v) is 10.5. The van der Waals surface area contributed by atoms with Crippen LogP contribution in [0.5, 0.6) is 0 Å². The van der Waals surface area contributed by atoms with Gasteiger partial charge in [0.25, 0.3) is 0 Å². The van der Waals surface area contributed by atoms with E-state index in [1.165, 1.54) is 0 Å². The van der Waals surface area contributed by atoms with Gasteiger partial charge in [0.1, 0.15) is 6.73 Å². The summed E-state index contributed by atoms with van der Waals surface area (Å²) in [6.07, 6.45) is 4.80. The lowest BCUT2D eigenvalue weighted by molar-refractivity contribution is -0.123. The number of amides is 1. The predicted molar refractivity (Wildman–Crippen MR) is 125 cm³/mol. The minimum Gasteiger partial charge on any atom is -0.382 e. The molecule has 0 N–H and O–H groups in total. The molecule has 0 spiro atoms. The number of ether oxygens (including phenoxy) is 2. The van der Waals surface area contributed by atoms with Gasteiger partial charge in [0, 0.05) is 18.7 Å². The lowest BCUT2D eigenvalue weighted by Gasteiger charge is -2.31. The highest BCUT2D eigenvalue weighted by Gasteiger charge is 2.27. The molecule has 0 aromatic heterocycles. The Kier molecular flexibility index (Phi) is 9.28. The van der Waals surface area contributed by atoms with Crippen LogP contribution in [0.15, 0.2) is 60.7 Å². The number of anilines is 1. The first kappa shape index (κ1) is 23.8. The molecule has 0 aliphatic heterocycles. The van der Waals surface area contributed by atoms with Gasteiger partial charge < -0.3 is 9.47 Å². The van der Waals surface area contributed by atoms with Gasteiger partial charge >= 0.3 is 0 Å². The van der Waals surface area contributed by atoms with Crippen molar-refractivity contribution >= 4 is 17.7 Å². The Morgan fingerprint density at radius 1 is 1.03 bits per heavy atom. The van der Waals surface area contributed by atoms with Crippen molar-refractivity contribution in [1.29, 1.82) is 0 Å². The van der Waals surface area contributed by atoms with Gasteiger partial charge in [-0.05, 0) is 29.0 Å². The zero-order valence-corrected chi connectivity index (χ0v) is 18.9. The molecule has 0 saturated carbocycles. The summed E-state index contributed by atoms with van der Waals surface area (Å²) in [5.74, 6) is -0.106. The Hall–Kier alpha value is -2.43. The second kappa shape index (κ2) is 11.7. The largest absolute Gasteiger partial charge is 0.382 e. The Bertz CT molecular complexity index is 809. The molecule has 2 aromatic rings. The molecule has 162 valence electrons. The summed E-state index contributed by atoms with van der Waals surface area (Å²) >= 11 is 0. The highest BCUT2D eigenvalue weighted by molar-refractivity contribution is 5.95. The molecule has 0 bridgehead atoms. The standard InChI is InChI=1S/C26H35NO3/c1-21(12-11-15-22-13-7-6-8-14-22)25(28)27(20-30-19-18-29-5)24-17-10-9-16-23(24)26(2,3)4/h6-11,13-17,21H,12,18-20H2,1-5H3/b15-11+/t21-/m1/s1. The molecule has 0 radical (unpaired) electrons. The van der Waals surface area contributed by atoms with Gasteiger partial charge in [-0.15, -0.1) is 0 Å². The van der Waals surface area contributed by atoms with E-state index in [0.717, 1.165) is 16.8 Å². The highest BCUT2D eigenvalue weighted by Crippen LogP contribution is 2.32. The van der Waals surface area contributed by atoms with Crippen LogP contribution in [0.3, 0.4) is 0 Å². The smallest absolute Gasteiger partial charge is 0.232 e. The number of carbonyl (C=O) groups is 1. The summed E-state index contributed by atoms with van der Waals surface area (Å²) in [7, 11) is 1.64. The fourth-order valence-corrected chi connectivity index (χ4v) is 3.23. The minimum absolute atomic E-state index is 0.0572. The predicted octanol–water partition coefficient (Wildman–Crippen LogP) is 5.68. The molecule has 0 aliphatic carbocycles. The Balaban J connectivity index is 2.19. The molecule has 4 heteroatoms. The number of benzene rings is 2. The third-order valence-corrected chi connectivity index (χ3v) is 4.94. The normalized spacial score (nSPS) is 12.8. The van der Waals surface area contributed by atoms with E-state index >= 15 is 0 Å². The molecule has 4 nitrogen and oxygen atoms in total. The lowest BCUT2D eigenvalue weighted by atomic mass is 9.85. The first-order chi connectivity index (χ1) is 14.3. The third kappa shape index (κ3) is 7.12. The Labute approximate surface area is 181 Å². The Morgan fingerprint density at radius 2 is 1.70 bits per heavy atom. The number of carbonyl (C=O) groups excluding carboxylic acids is 1. The van der Waals surface area contributed by atoms with Gasteiger partial charge in [0.2, 0.25) is 5.91 Å². The van der Waals surface area contributed by atoms with Crippen molar-refractivity contribution in [2.45, 2.75) is 39.5 Å². The fraction of sp³-hybridized carbons (Fsp3) is 0.423. The minimum atomic E-state index is -0.163. The molecule has 0 unspecified atom stereocenters.